The van der Waals surface area contributed by atoms with Crippen LogP contribution in [0.2, 0.25) is 20.1 Å². The third kappa shape index (κ3) is 6.02. The number of carbonyl (C=O) groups excluding carboxylic acids is 3. The second kappa shape index (κ2) is 11.4. The van der Waals surface area contributed by atoms with Gasteiger partial charge in [0.15, 0.2) is 11.5 Å². The van der Waals surface area contributed by atoms with Crippen LogP contribution in [0.4, 0.5) is 10.5 Å². The number of ether oxygens (including phenoxy) is 2. The molecular formula is C26H18Cl4N2O5. The maximum absolute atomic E-state index is 13.2. The molecule has 0 bridgehead atoms. The monoisotopic (exact) mass is 578 g/mol. The molecule has 0 spiro atoms. The van der Waals surface area contributed by atoms with E-state index in [4.69, 9.17) is 55.9 Å². The third-order valence-electron chi connectivity index (χ3n) is 5.18. The number of urea groups is 1. The average Bonchev–Trinajstić information content (AvgIpc) is 2.83. The molecule has 1 saturated heterocycles. The van der Waals surface area contributed by atoms with Crippen LogP contribution in [0.5, 0.6) is 11.5 Å². The number of carbonyl (C=O) groups is 3. The van der Waals surface area contributed by atoms with Gasteiger partial charge in [0.25, 0.3) is 11.8 Å². The van der Waals surface area contributed by atoms with Crippen molar-refractivity contribution in [2.75, 3.05) is 11.5 Å². The van der Waals surface area contributed by atoms with Gasteiger partial charge in [-0.2, -0.15) is 0 Å². The Kier molecular flexibility index (Phi) is 8.29. The Balaban J connectivity index is 1.67. The lowest BCUT2D eigenvalue weighted by Gasteiger charge is -2.26. The highest BCUT2D eigenvalue weighted by Gasteiger charge is 2.37. The fraction of sp³-hybridized carbons (Fsp3) is 0.115. The second-order valence-corrected chi connectivity index (χ2v) is 9.40. The summed E-state index contributed by atoms with van der Waals surface area (Å²) < 4.78 is 11.6. The van der Waals surface area contributed by atoms with Crippen molar-refractivity contribution in [2.24, 2.45) is 0 Å². The molecule has 0 unspecified atom stereocenters. The van der Waals surface area contributed by atoms with E-state index in [0.29, 0.717) is 22.9 Å². The summed E-state index contributed by atoms with van der Waals surface area (Å²) >= 11 is 24.5. The summed E-state index contributed by atoms with van der Waals surface area (Å²) in [6.45, 7) is 2.28. The summed E-state index contributed by atoms with van der Waals surface area (Å²) in [6, 6.07) is 13.6. The molecule has 0 atom stereocenters. The molecule has 3 aromatic carbocycles. The normalized spacial score (nSPS) is 14.7. The van der Waals surface area contributed by atoms with Crippen molar-refractivity contribution in [1.82, 2.24) is 5.32 Å². The number of imide groups is 2. The zero-order chi connectivity index (χ0) is 26.7. The molecule has 0 radical (unpaired) electrons. The number of hydrogen-bond acceptors (Lipinski definition) is 5. The Morgan fingerprint density at radius 2 is 1.68 bits per heavy atom. The largest absolute Gasteiger partial charge is 0.490 e. The molecule has 190 valence electrons. The minimum Gasteiger partial charge on any atom is -0.490 e. The summed E-state index contributed by atoms with van der Waals surface area (Å²) in [5.41, 5.74) is 1.06. The van der Waals surface area contributed by atoms with Crippen LogP contribution < -0.4 is 19.7 Å². The van der Waals surface area contributed by atoms with Gasteiger partial charge in [-0.25, -0.2) is 9.69 Å². The van der Waals surface area contributed by atoms with Gasteiger partial charge in [0.2, 0.25) is 0 Å². The summed E-state index contributed by atoms with van der Waals surface area (Å²) in [7, 11) is 0. The second-order valence-electron chi connectivity index (χ2n) is 7.74. The van der Waals surface area contributed by atoms with Crippen LogP contribution in [-0.2, 0) is 16.2 Å². The van der Waals surface area contributed by atoms with Crippen molar-refractivity contribution in [3.63, 3.8) is 0 Å². The fourth-order valence-electron chi connectivity index (χ4n) is 3.54. The Morgan fingerprint density at radius 3 is 2.38 bits per heavy atom. The predicted octanol–water partition coefficient (Wildman–Crippen LogP) is 6.94. The lowest BCUT2D eigenvalue weighted by atomic mass is 10.1. The van der Waals surface area contributed by atoms with E-state index in [2.05, 4.69) is 5.32 Å². The van der Waals surface area contributed by atoms with Crippen molar-refractivity contribution < 1.29 is 23.9 Å². The molecule has 7 nitrogen and oxygen atoms in total. The number of nitrogens with one attached hydrogen (secondary N) is 1. The van der Waals surface area contributed by atoms with Gasteiger partial charge in [-0.3, -0.25) is 14.9 Å². The van der Waals surface area contributed by atoms with Crippen molar-refractivity contribution >= 4 is 76.0 Å². The van der Waals surface area contributed by atoms with Gasteiger partial charge in [0, 0.05) is 5.02 Å². The van der Waals surface area contributed by atoms with E-state index in [9.17, 15) is 14.4 Å². The predicted molar refractivity (Wildman–Crippen MR) is 144 cm³/mol. The summed E-state index contributed by atoms with van der Waals surface area (Å²) in [4.78, 5) is 39.0. The molecule has 4 rings (SSSR count). The number of hydrogen-bond donors (Lipinski definition) is 1. The van der Waals surface area contributed by atoms with Crippen LogP contribution in [0.1, 0.15) is 18.1 Å². The van der Waals surface area contributed by atoms with Crippen LogP contribution in [-0.4, -0.2) is 24.5 Å². The van der Waals surface area contributed by atoms with Crippen LogP contribution in [0, 0.1) is 0 Å². The molecule has 1 N–H and O–H groups in total. The first-order chi connectivity index (χ1) is 17.7. The zero-order valence-corrected chi connectivity index (χ0v) is 22.2. The Hall–Kier alpha value is -3.23. The molecule has 3 aromatic rings. The van der Waals surface area contributed by atoms with Gasteiger partial charge in [-0.15, -0.1) is 0 Å². The van der Waals surface area contributed by atoms with E-state index in [0.717, 1.165) is 10.5 Å². The minimum atomic E-state index is -0.914. The maximum atomic E-state index is 13.2. The molecule has 1 aliphatic rings. The first kappa shape index (κ1) is 26.8. The van der Waals surface area contributed by atoms with Crippen molar-refractivity contribution in [3.05, 3.63) is 91.4 Å². The molecule has 0 aliphatic carbocycles. The smallest absolute Gasteiger partial charge is 0.335 e. The van der Waals surface area contributed by atoms with E-state index in [1.165, 1.54) is 30.3 Å². The quantitative estimate of drug-likeness (QED) is 0.242. The van der Waals surface area contributed by atoms with E-state index >= 15 is 0 Å². The highest BCUT2D eigenvalue weighted by Crippen LogP contribution is 2.38. The average molecular weight is 580 g/mol. The fourth-order valence-corrected chi connectivity index (χ4v) is 4.32. The molecule has 0 saturated carbocycles. The first-order valence-corrected chi connectivity index (χ1v) is 12.4. The third-order valence-corrected chi connectivity index (χ3v) is 6.43. The lowest BCUT2D eigenvalue weighted by Crippen LogP contribution is -2.54. The summed E-state index contributed by atoms with van der Waals surface area (Å²) in [5, 5.41) is 3.31. The summed E-state index contributed by atoms with van der Waals surface area (Å²) in [6.07, 6.45) is 1.31. The molecule has 11 heteroatoms. The maximum Gasteiger partial charge on any atom is 0.335 e. The van der Waals surface area contributed by atoms with Gasteiger partial charge in [-0.05, 0) is 66.6 Å². The number of benzene rings is 3. The van der Waals surface area contributed by atoms with Crippen molar-refractivity contribution in [3.8, 4) is 11.5 Å². The van der Waals surface area contributed by atoms with Gasteiger partial charge in [0.1, 0.15) is 12.2 Å². The zero-order valence-electron chi connectivity index (χ0n) is 19.2. The molecule has 37 heavy (non-hydrogen) atoms. The van der Waals surface area contributed by atoms with Crippen LogP contribution in [0.3, 0.4) is 0 Å². The van der Waals surface area contributed by atoms with Crippen LogP contribution in [0.15, 0.2) is 60.2 Å². The Labute approximate surface area is 232 Å². The number of barbiturate groups is 1. The van der Waals surface area contributed by atoms with Crippen molar-refractivity contribution in [2.45, 2.75) is 13.5 Å². The van der Waals surface area contributed by atoms with Gasteiger partial charge >= 0.3 is 6.03 Å². The molecule has 1 aliphatic heterocycles. The molecule has 4 amide bonds. The van der Waals surface area contributed by atoms with E-state index in [-0.39, 0.29) is 38.7 Å². The Morgan fingerprint density at radius 1 is 0.892 bits per heavy atom. The number of anilines is 1. The standard InChI is InChI=1S/C26H18Cl4N2O5/c1-2-36-22-11-15(10-21(30)23(22)37-13-14-4-3-5-16(27)8-14)9-18-24(33)31-26(35)32(25(18)34)17-6-7-19(28)20(29)12-17/h3-12H,2,13H2,1H3,(H,31,33,35)/b18-9+. The van der Waals surface area contributed by atoms with E-state index in [1.54, 1.807) is 31.2 Å². The van der Waals surface area contributed by atoms with Crippen molar-refractivity contribution in [1.29, 1.82) is 0 Å². The number of nitrogens with zero attached hydrogens (tertiary/aromatic N) is 1. The number of halogens is 4. The number of amides is 4. The first-order valence-electron chi connectivity index (χ1n) is 10.9. The topological polar surface area (TPSA) is 84.9 Å². The summed E-state index contributed by atoms with van der Waals surface area (Å²) in [5.74, 6) is -1.10. The van der Waals surface area contributed by atoms with Gasteiger partial charge in [-0.1, -0.05) is 58.5 Å². The SMILES string of the molecule is CCOc1cc(/C=C2\C(=O)NC(=O)N(c3ccc(Cl)c(Cl)c3)C2=O)cc(Cl)c1OCc1cccc(Cl)c1. The number of rotatable bonds is 7. The van der Waals surface area contributed by atoms with E-state index in [1.807, 2.05) is 6.07 Å². The molecular weight excluding hydrogens is 562 g/mol. The minimum absolute atomic E-state index is 0.142. The molecule has 0 aromatic heterocycles. The van der Waals surface area contributed by atoms with Gasteiger partial charge in [0.05, 0.1) is 27.4 Å². The van der Waals surface area contributed by atoms with Crippen LogP contribution >= 0.6 is 46.4 Å². The van der Waals surface area contributed by atoms with Gasteiger partial charge < -0.3 is 9.47 Å². The molecule has 1 fully saturated rings. The van der Waals surface area contributed by atoms with Crippen LogP contribution in [0.25, 0.3) is 6.08 Å². The lowest BCUT2D eigenvalue weighted by molar-refractivity contribution is -0.122. The highest BCUT2D eigenvalue weighted by molar-refractivity contribution is 6.43. The highest BCUT2D eigenvalue weighted by atomic mass is 35.5. The molecule has 1 heterocycles. The van der Waals surface area contributed by atoms with E-state index < -0.39 is 17.8 Å². The Bertz CT molecular complexity index is 1440.